The van der Waals surface area contributed by atoms with Gasteiger partial charge in [-0.2, -0.15) is 10.4 Å². The van der Waals surface area contributed by atoms with Crippen molar-refractivity contribution in [3.63, 3.8) is 0 Å². The summed E-state index contributed by atoms with van der Waals surface area (Å²) in [5.74, 6) is 1.73. The highest BCUT2D eigenvalue weighted by Crippen LogP contribution is 2.33. The monoisotopic (exact) mass is 310 g/mol. The third kappa shape index (κ3) is 2.66. The number of H-pyrrole nitrogens is 1. The quantitative estimate of drug-likeness (QED) is 0.892. The van der Waals surface area contributed by atoms with E-state index in [0.29, 0.717) is 24.5 Å². The van der Waals surface area contributed by atoms with E-state index in [1.54, 1.807) is 0 Å². The molecular formula is C16H18N6O. The summed E-state index contributed by atoms with van der Waals surface area (Å²) in [6.45, 7) is 1.41. The average Bonchev–Trinajstić information content (AvgIpc) is 3.30. The number of nitriles is 1. The summed E-state index contributed by atoms with van der Waals surface area (Å²) in [5.41, 5.74) is 2.97. The van der Waals surface area contributed by atoms with Gasteiger partial charge in [-0.15, -0.1) is 0 Å². The minimum absolute atomic E-state index is 0.0787. The second-order valence-electron chi connectivity index (χ2n) is 6.05. The van der Waals surface area contributed by atoms with Crippen LogP contribution in [0.4, 0.5) is 5.82 Å². The highest BCUT2D eigenvalue weighted by molar-refractivity contribution is 5.55. The summed E-state index contributed by atoms with van der Waals surface area (Å²) in [5, 5.41) is 19.5. The fraction of sp³-hybridized carbons (Fsp3) is 0.500. The first-order chi connectivity index (χ1) is 11.3. The van der Waals surface area contributed by atoms with Crippen molar-refractivity contribution in [2.45, 2.75) is 31.8 Å². The Balaban J connectivity index is 1.50. The van der Waals surface area contributed by atoms with Crippen molar-refractivity contribution in [1.82, 2.24) is 20.2 Å². The number of aromatic nitrogens is 4. The molecule has 2 aromatic heterocycles. The Bertz CT molecular complexity index is 736. The SMILES string of the molecule is N#Cc1cc2c(nc1NC[C@@H]1CCO[C@@H]1c1ncn[nH]1)CCC2. The van der Waals surface area contributed by atoms with Crippen molar-refractivity contribution in [3.05, 3.63) is 35.0 Å². The van der Waals surface area contributed by atoms with Crippen LogP contribution in [-0.4, -0.2) is 33.3 Å². The predicted octanol–water partition coefficient (Wildman–Crippen LogP) is 1.75. The second kappa shape index (κ2) is 5.97. The number of hydrogen-bond acceptors (Lipinski definition) is 6. The Hall–Kier alpha value is -2.46. The van der Waals surface area contributed by atoms with Crippen molar-refractivity contribution < 1.29 is 4.74 Å². The summed E-state index contributed by atoms with van der Waals surface area (Å²) >= 11 is 0. The molecule has 0 saturated carbocycles. The Kier molecular flexibility index (Phi) is 3.67. The average molecular weight is 310 g/mol. The maximum absolute atomic E-state index is 9.37. The van der Waals surface area contributed by atoms with Crippen LogP contribution in [0, 0.1) is 17.2 Å². The van der Waals surface area contributed by atoms with Gasteiger partial charge in [0.15, 0.2) is 5.82 Å². The van der Waals surface area contributed by atoms with E-state index in [1.807, 2.05) is 6.07 Å². The molecule has 0 unspecified atom stereocenters. The first-order valence-corrected chi connectivity index (χ1v) is 7.99. The molecule has 1 saturated heterocycles. The number of anilines is 1. The molecule has 2 aliphatic rings. The Labute approximate surface area is 134 Å². The van der Waals surface area contributed by atoms with E-state index in [0.717, 1.165) is 37.2 Å². The summed E-state index contributed by atoms with van der Waals surface area (Å²) in [4.78, 5) is 8.86. The molecule has 0 bridgehead atoms. The molecule has 23 heavy (non-hydrogen) atoms. The van der Waals surface area contributed by atoms with Crippen LogP contribution >= 0.6 is 0 Å². The molecule has 7 nitrogen and oxygen atoms in total. The van der Waals surface area contributed by atoms with Gasteiger partial charge in [0.1, 0.15) is 24.3 Å². The molecule has 0 radical (unpaired) electrons. The normalized spacial score (nSPS) is 22.7. The van der Waals surface area contributed by atoms with Gasteiger partial charge >= 0.3 is 0 Å². The maximum atomic E-state index is 9.37. The van der Waals surface area contributed by atoms with E-state index < -0.39 is 0 Å². The largest absolute Gasteiger partial charge is 0.370 e. The zero-order valence-corrected chi connectivity index (χ0v) is 12.7. The fourth-order valence-corrected chi connectivity index (χ4v) is 3.42. The molecule has 1 aliphatic carbocycles. The minimum atomic E-state index is -0.0787. The first kappa shape index (κ1) is 14.2. The van der Waals surface area contributed by atoms with Crippen LogP contribution < -0.4 is 5.32 Å². The smallest absolute Gasteiger partial charge is 0.153 e. The van der Waals surface area contributed by atoms with Crippen LogP contribution in [0.3, 0.4) is 0 Å². The van der Waals surface area contributed by atoms with E-state index in [-0.39, 0.29) is 12.0 Å². The van der Waals surface area contributed by atoms with Crippen LogP contribution in [0.1, 0.15) is 41.6 Å². The number of ether oxygens (including phenoxy) is 1. The maximum Gasteiger partial charge on any atom is 0.153 e. The predicted molar refractivity (Wildman–Crippen MR) is 82.6 cm³/mol. The van der Waals surface area contributed by atoms with Crippen molar-refractivity contribution >= 4 is 5.82 Å². The van der Waals surface area contributed by atoms with Crippen LogP contribution in [0.25, 0.3) is 0 Å². The lowest BCUT2D eigenvalue weighted by atomic mass is 10.0. The standard InChI is InChI=1S/C16H18N6O/c17-7-12-6-10-2-1-3-13(10)21-15(12)18-8-11-4-5-23-14(11)16-19-9-20-22-16/h6,9,11,14H,1-5,8H2,(H,18,21)(H,19,20,22)/t11-,14-/m0/s1. The lowest BCUT2D eigenvalue weighted by Crippen LogP contribution is -2.20. The molecule has 0 aromatic carbocycles. The van der Waals surface area contributed by atoms with E-state index in [4.69, 9.17) is 4.74 Å². The molecule has 1 aliphatic heterocycles. The molecule has 0 spiro atoms. The molecule has 2 N–H and O–H groups in total. The summed E-state index contributed by atoms with van der Waals surface area (Å²) in [6.07, 6.45) is 5.53. The number of nitrogens with zero attached hydrogens (tertiary/aromatic N) is 4. The molecule has 2 aromatic rings. The van der Waals surface area contributed by atoms with Crippen molar-refractivity contribution in [3.8, 4) is 6.07 Å². The highest BCUT2D eigenvalue weighted by atomic mass is 16.5. The summed E-state index contributed by atoms with van der Waals surface area (Å²) < 4.78 is 5.77. The molecule has 4 rings (SSSR count). The van der Waals surface area contributed by atoms with Gasteiger partial charge in [-0.3, -0.25) is 5.10 Å². The van der Waals surface area contributed by atoms with E-state index in [2.05, 4.69) is 31.6 Å². The molecule has 3 heterocycles. The number of aromatic amines is 1. The second-order valence-corrected chi connectivity index (χ2v) is 6.05. The number of aryl methyl sites for hydroxylation is 2. The Morgan fingerprint density at radius 2 is 2.39 bits per heavy atom. The minimum Gasteiger partial charge on any atom is -0.370 e. The van der Waals surface area contributed by atoms with Crippen molar-refractivity contribution in [1.29, 1.82) is 5.26 Å². The highest BCUT2D eigenvalue weighted by Gasteiger charge is 2.32. The molecule has 0 amide bonds. The zero-order valence-electron chi connectivity index (χ0n) is 12.7. The van der Waals surface area contributed by atoms with Crippen molar-refractivity contribution in [2.75, 3.05) is 18.5 Å². The van der Waals surface area contributed by atoms with Gasteiger partial charge in [0.2, 0.25) is 0 Å². The van der Waals surface area contributed by atoms with Gasteiger partial charge in [-0.25, -0.2) is 9.97 Å². The molecule has 1 fully saturated rings. The van der Waals surface area contributed by atoms with Crippen LogP contribution in [0.5, 0.6) is 0 Å². The van der Waals surface area contributed by atoms with Crippen molar-refractivity contribution in [2.24, 2.45) is 5.92 Å². The van der Waals surface area contributed by atoms with Gasteiger partial charge in [-0.05, 0) is 37.3 Å². The van der Waals surface area contributed by atoms with Crippen LogP contribution in [0.15, 0.2) is 12.4 Å². The number of hydrogen-bond donors (Lipinski definition) is 2. The Morgan fingerprint density at radius 3 is 3.22 bits per heavy atom. The third-order valence-corrected chi connectivity index (χ3v) is 4.62. The summed E-state index contributed by atoms with van der Waals surface area (Å²) in [6, 6.07) is 4.24. The van der Waals surface area contributed by atoms with Crippen LogP contribution in [-0.2, 0) is 17.6 Å². The van der Waals surface area contributed by atoms with E-state index in [1.165, 1.54) is 11.9 Å². The summed E-state index contributed by atoms with van der Waals surface area (Å²) in [7, 11) is 0. The first-order valence-electron chi connectivity index (χ1n) is 7.99. The van der Waals surface area contributed by atoms with Gasteiger partial charge in [-0.1, -0.05) is 0 Å². The Morgan fingerprint density at radius 1 is 1.43 bits per heavy atom. The molecule has 7 heteroatoms. The molecule has 2 atom stereocenters. The van der Waals surface area contributed by atoms with E-state index >= 15 is 0 Å². The van der Waals surface area contributed by atoms with Crippen LogP contribution in [0.2, 0.25) is 0 Å². The van der Waals surface area contributed by atoms with Gasteiger partial charge in [0.05, 0.1) is 5.56 Å². The van der Waals surface area contributed by atoms with Gasteiger partial charge < -0.3 is 10.1 Å². The topological polar surface area (TPSA) is 99.5 Å². The third-order valence-electron chi connectivity index (χ3n) is 4.62. The number of pyridine rings is 1. The number of fused-ring (bicyclic) bond motifs is 1. The van der Waals surface area contributed by atoms with Gasteiger partial charge in [0, 0.05) is 24.8 Å². The molecular weight excluding hydrogens is 292 g/mol. The lowest BCUT2D eigenvalue weighted by molar-refractivity contribution is 0.0864. The fourth-order valence-electron chi connectivity index (χ4n) is 3.42. The molecule has 118 valence electrons. The lowest BCUT2D eigenvalue weighted by Gasteiger charge is -2.18. The number of nitrogens with one attached hydrogen (secondary N) is 2. The zero-order chi connectivity index (χ0) is 15.6. The number of rotatable bonds is 4. The van der Waals surface area contributed by atoms with E-state index in [9.17, 15) is 5.26 Å². The van der Waals surface area contributed by atoms with Gasteiger partial charge in [0.25, 0.3) is 0 Å².